The Bertz CT molecular complexity index is 1230. The molecule has 0 unspecified atom stereocenters. The van der Waals surface area contributed by atoms with E-state index in [4.69, 9.17) is 9.72 Å². The maximum Gasteiger partial charge on any atom is 1.00 e. The van der Waals surface area contributed by atoms with Gasteiger partial charge in [-0.3, -0.25) is 4.98 Å². The third kappa shape index (κ3) is 6.98. The van der Waals surface area contributed by atoms with Gasteiger partial charge in [0.15, 0.2) is 0 Å². The molecule has 37 heavy (non-hydrogen) atoms. The molecule has 1 aliphatic rings. The predicted octanol–water partition coefficient (Wildman–Crippen LogP) is 0.801. The number of para-hydroxylation sites is 1. The van der Waals surface area contributed by atoms with Crippen LogP contribution in [0.1, 0.15) is 55.8 Å². The summed E-state index contributed by atoms with van der Waals surface area (Å²) in [6.07, 6.45) is -1.27. The normalized spacial score (nSPS) is 14.0. The number of carboxylic acids is 1. The van der Waals surface area contributed by atoms with E-state index in [1.165, 1.54) is 12.1 Å². The van der Waals surface area contributed by atoms with E-state index in [0.29, 0.717) is 25.9 Å². The van der Waals surface area contributed by atoms with Crippen molar-refractivity contribution < 1.29 is 58.8 Å². The number of aliphatic hydroxyl groups is 2. The molecule has 0 aliphatic carbocycles. The molecule has 2 atom stereocenters. The summed E-state index contributed by atoms with van der Waals surface area (Å²) in [6.45, 7) is 4.59. The molecule has 0 bridgehead atoms. The zero-order chi connectivity index (χ0) is 25.8. The molecule has 1 aromatic heterocycles. The molecule has 2 heterocycles. The van der Waals surface area contributed by atoms with Crippen molar-refractivity contribution in [3.63, 3.8) is 0 Å². The van der Waals surface area contributed by atoms with Gasteiger partial charge in [0.2, 0.25) is 0 Å². The molecule has 0 spiro atoms. The summed E-state index contributed by atoms with van der Waals surface area (Å²) < 4.78 is 19.9. The number of carbonyl (C=O) groups is 1. The number of carbonyl (C=O) groups excluding carboxylic acids is 1. The Morgan fingerprint density at radius 3 is 2.49 bits per heavy atom. The minimum atomic E-state index is -1.35. The van der Waals surface area contributed by atoms with Crippen molar-refractivity contribution in [1.29, 1.82) is 0 Å². The topological polar surface area (TPSA) is 103 Å². The van der Waals surface area contributed by atoms with Gasteiger partial charge in [-0.05, 0) is 71.7 Å². The molecule has 0 radical (unpaired) electrons. The van der Waals surface area contributed by atoms with E-state index in [1.54, 1.807) is 12.1 Å². The summed E-state index contributed by atoms with van der Waals surface area (Å²) in [5.74, 6) is -0.835. The molecule has 3 aromatic rings. The van der Waals surface area contributed by atoms with Gasteiger partial charge in [-0.15, -0.1) is 0 Å². The van der Waals surface area contributed by atoms with Crippen molar-refractivity contribution in [3.05, 3.63) is 71.2 Å². The smallest absolute Gasteiger partial charge is 0.550 e. The van der Waals surface area contributed by atoms with Gasteiger partial charge in [0, 0.05) is 30.1 Å². The number of hydrogen-bond acceptors (Lipinski definition) is 6. The SMILES string of the molecule is CC(C)c1nc2c(c(-c3ccc(F)cc3)c1CC[C@@H](O)C[C@@H](O)CC(=O)[O-])CCOc1ccccc1-2.[Na+]. The molecule has 2 N–H and O–H groups in total. The first-order valence-electron chi connectivity index (χ1n) is 12.3. The van der Waals surface area contributed by atoms with Crippen LogP contribution in [0.3, 0.4) is 0 Å². The quantitative estimate of drug-likeness (QED) is 0.409. The molecule has 0 saturated heterocycles. The molecule has 6 nitrogen and oxygen atoms in total. The monoisotopic (exact) mass is 515 g/mol. The number of rotatable bonds is 9. The van der Waals surface area contributed by atoms with E-state index in [9.17, 15) is 24.5 Å². The van der Waals surface area contributed by atoms with Gasteiger partial charge in [-0.2, -0.15) is 0 Å². The summed E-state index contributed by atoms with van der Waals surface area (Å²) >= 11 is 0. The van der Waals surface area contributed by atoms with Crippen LogP contribution in [-0.4, -0.2) is 40.0 Å². The largest absolute Gasteiger partial charge is 1.00 e. The van der Waals surface area contributed by atoms with Crippen LogP contribution in [0.5, 0.6) is 5.75 Å². The zero-order valence-corrected chi connectivity index (χ0v) is 23.5. The molecule has 1 aliphatic heterocycles. The fourth-order valence-electron chi connectivity index (χ4n) is 4.92. The Morgan fingerprint density at radius 2 is 1.81 bits per heavy atom. The molecule has 0 fully saturated rings. The van der Waals surface area contributed by atoms with Crippen LogP contribution in [0.2, 0.25) is 0 Å². The van der Waals surface area contributed by atoms with Crippen LogP contribution < -0.4 is 39.4 Å². The van der Waals surface area contributed by atoms with Crippen LogP contribution in [0.15, 0.2) is 48.5 Å². The van der Waals surface area contributed by atoms with Crippen LogP contribution in [0.4, 0.5) is 4.39 Å². The van der Waals surface area contributed by atoms with E-state index >= 15 is 0 Å². The van der Waals surface area contributed by atoms with E-state index in [1.807, 2.05) is 24.3 Å². The summed E-state index contributed by atoms with van der Waals surface area (Å²) in [6, 6.07) is 14.2. The third-order valence-electron chi connectivity index (χ3n) is 6.54. The fraction of sp³-hybridized carbons (Fsp3) is 0.379. The number of benzene rings is 2. The number of hydrogen-bond donors (Lipinski definition) is 2. The molecular weight excluding hydrogens is 484 g/mol. The average molecular weight is 516 g/mol. The van der Waals surface area contributed by atoms with Gasteiger partial charge >= 0.3 is 29.6 Å². The van der Waals surface area contributed by atoms with E-state index < -0.39 is 24.6 Å². The number of carboxylic acid groups (broad SMARTS) is 1. The standard InChI is InChI=1S/C29H32FNO5.Na/c1-17(2)28-23(12-11-20(32)15-21(33)16-26(34)35)27(18-7-9-19(30)10-8-18)24-13-14-36-25-6-4-3-5-22(25)29(24)31-28;/h3-10,17,20-21,32-33H,11-16H2,1-2H3,(H,34,35);/q;+1/p-1/t20-,21-;/m1./s1. The van der Waals surface area contributed by atoms with Crippen LogP contribution in [0.25, 0.3) is 22.4 Å². The van der Waals surface area contributed by atoms with Gasteiger partial charge < -0.3 is 24.9 Å². The molecule has 4 rings (SSSR count). The Balaban J connectivity index is 0.00000380. The van der Waals surface area contributed by atoms with Gasteiger partial charge in [0.1, 0.15) is 11.6 Å². The maximum absolute atomic E-state index is 13.8. The Labute approximate surface area is 238 Å². The second kappa shape index (κ2) is 13.0. The van der Waals surface area contributed by atoms with Crippen LogP contribution >= 0.6 is 0 Å². The van der Waals surface area contributed by atoms with Gasteiger partial charge in [0.25, 0.3) is 0 Å². The average Bonchev–Trinajstić information content (AvgIpc) is 3.01. The summed E-state index contributed by atoms with van der Waals surface area (Å²) in [4.78, 5) is 15.9. The van der Waals surface area contributed by atoms with Crippen LogP contribution in [-0.2, 0) is 17.6 Å². The molecular formula is C29H31FNNaO5. The van der Waals surface area contributed by atoms with Crippen molar-refractivity contribution in [1.82, 2.24) is 4.98 Å². The number of ether oxygens (including phenoxy) is 1. The molecule has 2 aromatic carbocycles. The molecule has 0 saturated carbocycles. The van der Waals surface area contributed by atoms with Crippen LogP contribution in [0, 0.1) is 5.82 Å². The number of nitrogens with zero attached hydrogens (tertiary/aromatic N) is 1. The second-order valence-electron chi connectivity index (χ2n) is 9.59. The number of aliphatic carboxylic acids is 1. The van der Waals surface area contributed by atoms with E-state index in [0.717, 1.165) is 45.0 Å². The number of fused-ring (bicyclic) bond motifs is 3. The molecule has 8 heteroatoms. The Kier molecular flexibility index (Phi) is 10.3. The van der Waals surface area contributed by atoms with Crippen molar-refractivity contribution >= 4 is 5.97 Å². The maximum atomic E-state index is 13.8. The minimum absolute atomic E-state index is 0. The van der Waals surface area contributed by atoms with E-state index in [2.05, 4.69) is 13.8 Å². The molecule has 0 amide bonds. The number of aromatic nitrogens is 1. The molecule has 190 valence electrons. The van der Waals surface area contributed by atoms with Crippen molar-refractivity contribution in [2.45, 2.75) is 64.1 Å². The predicted molar refractivity (Wildman–Crippen MR) is 133 cm³/mol. The first kappa shape index (κ1) is 29.3. The second-order valence-corrected chi connectivity index (χ2v) is 9.59. The zero-order valence-electron chi connectivity index (χ0n) is 21.5. The third-order valence-corrected chi connectivity index (χ3v) is 6.54. The van der Waals surface area contributed by atoms with Crippen molar-refractivity contribution in [2.24, 2.45) is 0 Å². The fourth-order valence-corrected chi connectivity index (χ4v) is 4.92. The van der Waals surface area contributed by atoms with Gasteiger partial charge in [-0.25, -0.2) is 4.39 Å². The number of halogens is 1. The van der Waals surface area contributed by atoms with Gasteiger partial charge in [0.05, 0.1) is 24.5 Å². The van der Waals surface area contributed by atoms with Gasteiger partial charge in [-0.1, -0.05) is 38.1 Å². The van der Waals surface area contributed by atoms with Crippen molar-refractivity contribution in [2.75, 3.05) is 6.61 Å². The first-order valence-corrected chi connectivity index (χ1v) is 12.3. The first-order chi connectivity index (χ1) is 17.2. The summed E-state index contributed by atoms with van der Waals surface area (Å²) in [7, 11) is 0. The minimum Gasteiger partial charge on any atom is -0.550 e. The number of pyridine rings is 1. The Hall–Kier alpha value is -2.29. The summed E-state index contributed by atoms with van der Waals surface area (Å²) in [5.41, 5.74) is 6.43. The van der Waals surface area contributed by atoms with E-state index in [-0.39, 0.29) is 47.7 Å². The number of aliphatic hydroxyl groups excluding tert-OH is 2. The summed E-state index contributed by atoms with van der Waals surface area (Å²) in [5, 5.41) is 31.3. The van der Waals surface area contributed by atoms with Crippen molar-refractivity contribution in [3.8, 4) is 28.1 Å². The Morgan fingerprint density at radius 1 is 1.11 bits per heavy atom.